The number of carbonyl (C=O) groups is 1. The van der Waals surface area contributed by atoms with Crippen LogP contribution in [0.4, 0.5) is 0 Å². The lowest BCUT2D eigenvalue weighted by Gasteiger charge is -2.06. The maximum absolute atomic E-state index is 11.5. The van der Waals surface area contributed by atoms with Gasteiger partial charge in [0.2, 0.25) is 11.5 Å². The van der Waals surface area contributed by atoms with Gasteiger partial charge in [0.05, 0.1) is 19.5 Å². The monoisotopic (exact) mass is 298 g/mol. The first kappa shape index (κ1) is 12.0. The Bertz CT molecular complexity index is 559. The van der Waals surface area contributed by atoms with Gasteiger partial charge in [-0.2, -0.15) is 0 Å². The van der Waals surface area contributed by atoms with Gasteiger partial charge in [0.25, 0.3) is 0 Å². The van der Waals surface area contributed by atoms with Crippen LogP contribution in [0, 0.1) is 0 Å². The summed E-state index contributed by atoms with van der Waals surface area (Å²) in [6.07, 6.45) is 0. The van der Waals surface area contributed by atoms with Gasteiger partial charge < -0.3 is 13.9 Å². The Labute approximate surface area is 107 Å². The molecular formula is C12H11BrO4. The average Bonchev–Trinajstić information content (AvgIpc) is 2.80. The number of methoxy groups -OCH3 is 2. The van der Waals surface area contributed by atoms with E-state index < -0.39 is 0 Å². The Morgan fingerprint density at radius 1 is 1.35 bits per heavy atom. The van der Waals surface area contributed by atoms with Crippen LogP contribution >= 0.6 is 15.9 Å². The second-order valence-corrected chi connectivity index (χ2v) is 3.95. The van der Waals surface area contributed by atoms with E-state index in [0.29, 0.717) is 22.8 Å². The molecule has 0 aliphatic carbocycles. The van der Waals surface area contributed by atoms with E-state index in [1.165, 1.54) is 7.11 Å². The van der Waals surface area contributed by atoms with Crippen LogP contribution in [0.25, 0.3) is 11.0 Å². The van der Waals surface area contributed by atoms with Crippen LogP contribution in [0.1, 0.15) is 10.6 Å². The highest BCUT2D eigenvalue weighted by Crippen LogP contribution is 2.37. The lowest BCUT2D eigenvalue weighted by atomic mass is 10.2. The van der Waals surface area contributed by atoms with Crippen molar-refractivity contribution < 1.29 is 18.7 Å². The van der Waals surface area contributed by atoms with E-state index in [0.717, 1.165) is 5.39 Å². The number of rotatable bonds is 4. The van der Waals surface area contributed by atoms with Crippen LogP contribution in [-0.4, -0.2) is 25.3 Å². The summed E-state index contributed by atoms with van der Waals surface area (Å²) < 4.78 is 15.9. The minimum Gasteiger partial charge on any atom is -0.493 e. The smallest absolute Gasteiger partial charge is 0.208 e. The number of alkyl halides is 1. The molecule has 0 spiro atoms. The summed E-state index contributed by atoms with van der Waals surface area (Å²) in [5, 5.41) is 1.04. The second-order valence-electron chi connectivity index (χ2n) is 3.39. The molecule has 0 bridgehead atoms. The quantitative estimate of drug-likeness (QED) is 0.643. The molecule has 1 aromatic heterocycles. The van der Waals surface area contributed by atoms with Crippen molar-refractivity contribution in [2.75, 3.05) is 19.5 Å². The van der Waals surface area contributed by atoms with E-state index in [-0.39, 0.29) is 11.1 Å². The number of fused-ring (bicyclic) bond motifs is 1. The number of benzene rings is 1. The Hall–Kier alpha value is -1.49. The Balaban J connectivity index is 2.64. The van der Waals surface area contributed by atoms with Crippen molar-refractivity contribution in [2.45, 2.75) is 0 Å². The highest BCUT2D eigenvalue weighted by atomic mass is 79.9. The zero-order valence-corrected chi connectivity index (χ0v) is 11.0. The van der Waals surface area contributed by atoms with Crippen molar-refractivity contribution >= 4 is 32.7 Å². The van der Waals surface area contributed by atoms with E-state index >= 15 is 0 Å². The molecule has 0 saturated heterocycles. The number of hydrogen-bond acceptors (Lipinski definition) is 4. The fourth-order valence-corrected chi connectivity index (χ4v) is 1.89. The van der Waals surface area contributed by atoms with Gasteiger partial charge in [-0.25, -0.2) is 0 Å². The summed E-state index contributed by atoms with van der Waals surface area (Å²) in [5.41, 5.74) is 0.524. The maximum Gasteiger partial charge on any atom is 0.208 e. The van der Waals surface area contributed by atoms with E-state index in [1.807, 2.05) is 6.07 Å². The summed E-state index contributed by atoms with van der Waals surface area (Å²) in [4.78, 5) is 11.5. The molecule has 0 aliphatic heterocycles. The molecule has 4 nitrogen and oxygen atoms in total. The van der Waals surface area contributed by atoms with Crippen LogP contribution in [-0.2, 0) is 0 Å². The molecule has 0 N–H and O–H groups in total. The third kappa shape index (κ3) is 2.02. The number of furan rings is 1. The average molecular weight is 299 g/mol. The molecule has 0 unspecified atom stereocenters. The second kappa shape index (κ2) is 4.79. The minimum absolute atomic E-state index is 0.109. The predicted octanol–water partition coefficient (Wildman–Crippen LogP) is 3.03. The van der Waals surface area contributed by atoms with Gasteiger partial charge in [-0.3, -0.25) is 4.79 Å². The van der Waals surface area contributed by atoms with Gasteiger partial charge in [-0.1, -0.05) is 15.9 Å². The van der Waals surface area contributed by atoms with Crippen LogP contribution in [0.2, 0.25) is 0 Å². The Morgan fingerprint density at radius 3 is 2.71 bits per heavy atom. The zero-order valence-electron chi connectivity index (χ0n) is 9.45. The van der Waals surface area contributed by atoms with Crippen molar-refractivity contribution in [2.24, 2.45) is 0 Å². The molecular weight excluding hydrogens is 288 g/mol. The van der Waals surface area contributed by atoms with Crippen molar-refractivity contribution in [3.05, 3.63) is 24.0 Å². The maximum atomic E-state index is 11.5. The molecule has 17 heavy (non-hydrogen) atoms. The van der Waals surface area contributed by atoms with Crippen molar-refractivity contribution in [3.63, 3.8) is 0 Å². The number of carbonyl (C=O) groups excluding carboxylic acids is 1. The first-order valence-corrected chi connectivity index (χ1v) is 6.07. The van der Waals surface area contributed by atoms with Gasteiger partial charge >= 0.3 is 0 Å². The number of Topliss-reactive ketones (excluding diaryl/α,β-unsaturated/α-hetero) is 1. The molecule has 90 valence electrons. The molecule has 2 aromatic rings. The van der Waals surface area contributed by atoms with Gasteiger partial charge in [-0.15, -0.1) is 0 Å². The van der Waals surface area contributed by atoms with Crippen molar-refractivity contribution in [1.82, 2.24) is 0 Å². The highest BCUT2D eigenvalue weighted by Gasteiger charge is 2.16. The predicted molar refractivity (Wildman–Crippen MR) is 67.4 cm³/mol. The standard InChI is InChI=1S/C12H11BrO4/c1-15-9-4-3-7-5-10(8(14)6-13)17-11(7)12(9)16-2/h3-5H,6H2,1-2H3. The van der Waals surface area contributed by atoms with E-state index in [4.69, 9.17) is 13.9 Å². The summed E-state index contributed by atoms with van der Waals surface area (Å²) in [6, 6.07) is 5.30. The van der Waals surface area contributed by atoms with Gasteiger partial charge in [-0.05, 0) is 18.2 Å². The number of halogens is 1. The van der Waals surface area contributed by atoms with Gasteiger partial charge in [0.1, 0.15) is 0 Å². The molecule has 0 fully saturated rings. The molecule has 0 atom stereocenters. The van der Waals surface area contributed by atoms with Crippen molar-refractivity contribution in [1.29, 1.82) is 0 Å². The molecule has 0 amide bonds. The SMILES string of the molecule is COc1ccc2cc(C(=O)CBr)oc2c1OC. The van der Waals surface area contributed by atoms with Crippen LogP contribution in [0.3, 0.4) is 0 Å². The van der Waals surface area contributed by atoms with Gasteiger partial charge in [0.15, 0.2) is 17.1 Å². The Morgan fingerprint density at radius 2 is 2.12 bits per heavy atom. The third-order valence-corrected chi connectivity index (χ3v) is 2.93. The van der Waals surface area contributed by atoms with Crippen molar-refractivity contribution in [3.8, 4) is 11.5 Å². The fraction of sp³-hybridized carbons (Fsp3) is 0.250. The van der Waals surface area contributed by atoms with E-state index in [9.17, 15) is 4.79 Å². The lowest BCUT2D eigenvalue weighted by molar-refractivity contribution is 0.0995. The molecule has 0 aliphatic rings. The summed E-state index contributed by atoms with van der Waals surface area (Å²) >= 11 is 3.11. The summed E-state index contributed by atoms with van der Waals surface area (Å²) in [7, 11) is 3.09. The van der Waals surface area contributed by atoms with Crippen LogP contribution in [0.5, 0.6) is 11.5 Å². The van der Waals surface area contributed by atoms with E-state index in [2.05, 4.69) is 15.9 Å². The summed E-state index contributed by atoms with van der Waals surface area (Å²) in [5.74, 6) is 1.27. The third-order valence-electron chi connectivity index (χ3n) is 2.43. The highest BCUT2D eigenvalue weighted by molar-refractivity contribution is 9.09. The molecule has 2 rings (SSSR count). The number of ketones is 1. The van der Waals surface area contributed by atoms with E-state index in [1.54, 1.807) is 19.2 Å². The molecule has 0 radical (unpaired) electrons. The minimum atomic E-state index is -0.109. The number of ether oxygens (including phenoxy) is 2. The fourth-order valence-electron chi connectivity index (χ4n) is 1.62. The topological polar surface area (TPSA) is 48.7 Å². The normalized spacial score (nSPS) is 10.5. The largest absolute Gasteiger partial charge is 0.493 e. The first-order chi connectivity index (χ1) is 8.21. The molecule has 1 heterocycles. The summed E-state index contributed by atoms with van der Waals surface area (Å²) in [6.45, 7) is 0. The zero-order chi connectivity index (χ0) is 12.4. The molecule has 1 aromatic carbocycles. The Kier molecular flexibility index (Phi) is 3.38. The molecule has 0 saturated carbocycles. The first-order valence-electron chi connectivity index (χ1n) is 4.95. The van der Waals surface area contributed by atoms with Crippen LogP contribution < -0.4 is 9.47 Å². The van der Waals surface area contributed by atoms with Gasteiger partial charge in [0, 0.05) is 5.39 Å². The lowest BCUT2D eigenvalue weighted by Crippen LogP contribution is -1.96. The number of hydrogen-bond donors (Lipinski definition) is 0. The molecule has 5 heteroatoms. The van der Waals surface area contributed by atoms with Crippen LogP contribution in [0.15, 0.2) is 22.6 Å².